The summed E-state index contributed by atoms with van der Waals surface area (Å²) in [5.41, 5.74) is 3.77. The van der Waals surface area contributed by atoms with Crippen LogP contribution in [0.1, 0.15) is 20.8 Å². The SMILES string of the molecule is C/C=C/NN=C(C)C. The second-order valence-corrected chi connectivity index (χ2v) is 1.69. The van der Waals surface area contributed by atoms with E-state index in [-0.39, 0.29) is 0 Å². The van der Waals surface area contributed by atoms with Crippen LogP contribution in [0.15, 0.2) is 17.4 Å². The van der Waals surface area contributed by atoms with E-state index in [1.807, 2.05) is 26.8 Å². The molecule has 0 aromatic carbocycles. The normalized spacial score (nSPS) is 9.38. The van der Waals surface area contributed by atoms with E-state index in [4.69, 9.17) is 0 Å². The number of rotatable bonds is 2. The Balaban J connectivity index is 3.30. The van der Waals surface area contributed by atoms with Crippen molar-refractivity contribution < 1.29 is 0 Å². The first-order valence-electron chi connectivity index (χ1n) is 2.65. The predicted octanol–water partition coefficient (Wildman–Crippen LogP) is 1.51. The lowest BCUT2D eigenvalue weighted by Crippen LogP contribution is -1.95. The molecule has 0 amide bonds. The minimum absolute atomic E-state index is 1.03. The Morgan fingerprint density at radius 2 is 2.12 bits per heavy atom. The summed E-state index contributed by atoms with van der Waals surface area (Å²) < 4.78 is 0. The first kappa shape index (κ1) is 7.21. The molecule has 0 aliphatic rings. The van der Waals surface area contributed by atoms with Gasteiger partial charge in [0.15, 0.2) is 0 Å². The van der Waals surface area contributed by atoms with Crippen molar-refractivity contribution >= 4 is 5.71 Å². The Kier molecular flexibility index (Phi) is 3.94. The van der Waals surface area contributed by atoms with Crippen molar-refractivity contribution in [2.45, 2.75) is 20.8 Å². The topological polar surface area (TPSA) is 24.4 Å². The molecular weight excluding hydrogens is 100 g/mol. The molecule has 0 spiro atoms. The summed E-state index contributed by atoms with van der Waals surface area (Å²) in [6, 6.07) is 0. The smallest absolute Gasteiger partial charge is 0.0320 e. The highest BCUT2D eigenvalue weighted by Crippen LogP contribution is 1.69. The van der Waals surface area contributed by atoms with Gasteiger partial charge in [0.25, 0.3) is 0 Å². The van der Waals surface area contributed by atoms with Gasteiger partial charge in [-0.15, -0.1) is 0 Å². The Morgan fingerprint density at radius 1 is 1.50 bits per heavy atom. The predicted molar refractivity (Wildman–Crippen MR) is 36.7 cm³/mol. The Morgan fingerprint density at radius 3 is 2.50 bits per heavy atom. The molecule has 1 N–H and O–H groups in total. The quantitative estimate of drug-likeness (QED) is 0.425. The molecule has 0 heterocycles. The van der Waals surface area contributed by atoms with Gasteiger partial charge in [0.05, 0.1) is 0 Å². The number of allylic oxidation sites excluding steroid dienone is 1. The van der Waals surface area contributed by atoms with Crippen LogP contribution in [0.25, 0.3) is 0 Å². The molecule has 0 aromatic heterocycles. The van der Waals surface area contributed by atoms with Crippen LogP contribution in [0.2, 0.25) is 0 Å². The van der Waals surface area contributed by atoms with Crippen LogP contribution in [-0.4, -0.2) is 5.71 Å². The number of hydrazone groups is 1. The maximum Gasteiger partial charge on any atom is 0.0320 e. The van der Waals surface area contributed by atoms with E-state index in [1.165, 1.54) is 0 Å². The second kappa shape index (κ2) is 4.37. The molecule has 0 saturated heterocycles. The number of nitrogens with zero attached hydrogens (tertiary/aromatic N) is 1. The third-order valence-corrected chi connectivity index (χ3v) is 0.529. The lowest BCUT2D eigenvalue weighted by Gasteiger charge is -1.88. The molecule has 0 saturated carbocycles. The average molecular weight is 112 g/mol. The summed E-state index contributed by atoms with van der Waals surface area (Å²) in [6.07, 6.45) is 3.68. The lowest BCUT2D eigenvalue weighted by atomic mass is 10.5. The monoisotopic (exact) mass is 112 g/mol. The van der Waals surface area contributed by atoms with E-state index >= 15 is 0 Å². The average Bonchev–Trinajstić information content (AvgIpc) is 1.66. The van der Waals surface area contributed by atoms with Crippen LogP contribution in [0.4, 0.5) is 0 Å². The molecule has 2 nitrogen and oxygen atoms in total. The summed E-state index contributed by atoms with van der Waals surface area (Å²) in [5, 5.41) is 3.89. The van der Waals surface area contributed by atoms with Crippen LogP contribution >= 0.6 is 0 Å². The maximum absolute atomic E-state index is 3.89. The van der Waals surface area contributed by atoms with Gasteiger partial charge in [-0.1, -0.05) is 6.08 Å². The zero-order valence-corrected chi connectivity index (χ0v) is 5.60. The number of hydrogen-bond acceptors (Lipinski definition) is 2. The van der Waals surface area contributed by atoms with Gasteiger partial charge >= 0.3 is 0 Å². The lowest BCUT2D eigenvalue weighted by molar-refractivity contribution is 0.960. The maximum atomic E-state index is 3.89. The van der Waals surface area contributed by atoms with Gasteiger partial charge in [-0.25, -0.2) is 0 Å². The van der Waals surface area contributed by atoms with Crippen molar-refractivity contribution in [1.82, 2.24) is 5.43 Å². The van der Waals surface area contributed by atoms with Gasteiger partial charge in [-0.05, 0) is 20.8 Å². The molecule has 46 valence electrons. The largest absolute Gasteiger partial charge is 0.286 e. The fourth-order valence-electron chi connectivity index (χ4n) is 0.241. The van der Waals surface area contributed by atoms with Crippen LogP contribution in [-0.2, 0) is 0 Å². The Bertz CT molecular complexity index is 99.1. The van der Waals surface area contributed by atoms with E-state index < -0.39 is 0 Å². The zero-order valence-electron chi connectivity index (χ0n) is 5.60. The van der Waals surface area contributed by atoms with Crippen LogP contribution in [0, 0.1) is 0 Å². The minimum Gasteiger partial charge on any atom is -0.286 e. The molecule has 0 bridgehead atoms. The molecule has 0 aliphatic carbocycles. The van der Waals surface area contributed by atoms with Crippen LogP contribution in [0.3, 0.4) is 0 Å². The van der Waals surface area contributed by atoms with Crippen molar-refractivity contribution in [1.29, 1.82) is 0 Å². The van der Waals surface area contributed by atoms with E-state index in [9.17, 15) is 0 Å². The zero-order chi connectivity index (χ0) is 6.41. The molecule has 0 fully saturated rings. The van der Waals surface area contributed by atoms with Crippen LogP contribution in [0.5, 0.6) is 0 Å². The standard InChI is InChI=1S/C6H12N2/c1-4-5-7-8-6(2)3/h4-5,7H,1-3H3/b5-4+. The minimum atomic E-state index is 1.03. The number of hydrogen-bond donors (Lipinski definition) is 1. The second-order valence-electron chi connectivity index (χ2n) is 1.69. The summed E-state index contributed by atoms with van der Waals surface area (Å²) in [4.78, 5) is 0. The molecule has 0 radical (unpaired) electrons. The van der Waals surface area contributed by atoms with Crippen molar-refractivity contribution in [2.24, 2.45) is 5.10 Å². The molecule has 0 aromatic rings. The molecule has 0 unspecified atom stereocenters. The van der Waals surface area contributed by atoms with Gasteiger partial charge in [-0.3, -0.25) is 5.43 Å². The van der Waals surface area contributed by atoms with Gasteiger partial charge in [0.1, 0.15) is 0 Å². The van der Waals surface area contributed by atoms with Gasteiger partial charge in [0, 0.05) is 11.9 Å². The summed E-state index contributed by atoms with van der Waals surface area (Å²) in [5.74, 6) is 0. The van der Waals surface area contributed by atoms with Crippen LogP contribution < -0.4 is 5.43 Å². The highest BCUT2D eigenvalue weighted by atomic mass is 15.3. The Labute approximate surface area is 50.3 Å². The third-order valence-electron chi connectivity index (χ3n) is 0.529. The van der Waals surface area contributed by atoms with E-state index in [1.54, 1.807) is 6.20 Å². The van der Waals surface area contributed by atoms with Crippen molar-refractivity contribution in [3.63, 3.8) is 0 Å². The molecule has 0 aliphatic heterocycles. The van der Waals surface area contributed by atoms with Gasteiger partial charge in [-0.2, -0.15) is 5.10 Å². The van der Waals surface area contributed by atoms with Crippen molar-refractivity contribution in [3.8, 4) is 0 Å². The highest BCUT2D eigenvalue weighted by Gasteiger charge is 1.69. The Hall–Kier alpha value is -0.790. The van der Waals surface area contributed by atoms with Crippen molar-refractivity contribution in [2.75, 3.05) is 0 Å². The van der Waals surface area contributed by atoms with Crippen molar-refractivity contribution in [3.05, 3.63) is 12.3 Å². The van der Waals surface area contributed by atoms with Gasteiger partial charge in [0.2, 0.25) is 0 Å². The molecule has 0 atom stereocenters. The molecular formula is C6H12N2. The van der Waals surface area contributed by atoms with E-state index in [0.29, 0.717) is 0 Å². The van der Waals surface area contributed by atoms with E-state index in [2.05, 4.69) is 10.5 Å². The summed E-state index contributed by atoms with van der Waals surface area (Å²) in [7, 11) is 0. The number of nitrogens with one attached hydrogen (secondary N) is 1. The molecule has 0 rings (SSSR count). The molecule has 8 heavy (non-hydrogen) atoms. The highest BCUT2D eigenvalue weighted by molar-refractivity contribution is 5.78. The van der Waals surface area contributed by atoms with E-state index in [0.717, 1.165) is 5.71 Å². The summed E-state index contributed by atoms with van der Waals surface area (Å²) >= 11 is 0. The molecule has 2 heteroatoms. The fourth-order valence-corrected chi connectivity index (χ4v) is 0.241. The first-order chi connectivity index (χ1) is 3.77. The van der Waals surface area contributed by atoms with Gasteiger partial charge < -0.3 is 0 Å². The summed E-state index contributed by atoms with van der Waals surface area (Å²) in [6.45, 7) is 5.82. The first-order valence-corrected chi connectivity index (χ1v) is 2.65. The third kappa shape index (κ3) is 5.21. The fraction of sp³-hybridized carbons (Fsp3) is 0.500.